The number of carboxylic acids is 1. The second-order valence-electron chi connectivity index (χ2n) is 7.24. The molecule has 6 N–H and O–H groups in total. The molecular formula is C22H23N6O3+. The molecule has 0 radical (unpaired) electrons. The number of anilines is 1. The molecule has 0 fully saturated rings. The van der Waals surface area contributed by atoms with Gasteiger partial charge >= 0.3 is 5.97 Å². The van der Waals surface area contributed by atoms with Crippen molar-refractivity contribution in [3.63, 3.8) is 0 Å². The summed E-state index contributed by atoms with van der Waals surface area (Å²) in [5, 5.41) is 15.0. The lowest BCUT2D eigenvalue weighted by molar-refractivity contribution is -0.708. The highest BCUT2D eigenvalue weighted by molar-refractivity contribution is 5.93. The number of amides is 1. The minimum atomic E-state index is -0.851. The fraction of sp³-hybridized carbons (Fsp3) is 0.136. The van der Waals surface area contributed by atoms with E-state index in [4.69, 9.17) is 10.8 Å². The Morgan fingerprint density at radius 1 is 1.13 bits per heavy atom. The minimum absolute atomic E-state index is 0.0251. The molecule has 0 aliphatic carbocycles. The van der Waals surface area contributed by atoms with Gasteiger partial charge in [-0.25, -0.2) is 5.01 Å². The summed E-state index contributed by atoms with van der Waals surface area (Å²) in [6, 6.07) is 17.2. The summed E-state index contributed by atoms with van der Waals surface area (Å²) in [5.41, 5.74) is 15.9. The van der Waals surface area contributed by atoms with E-state index in [0.717, 1.165) is 33.9 Å². The highest BCUT2D eigenvalue weighted by Gasteiger charge is 2.17. The Hall–Kier alpha value is -3.95. The molecule has 4 rings (SSSR count). The summed E-state index contributed by atoms with van der Waals surface area (Å²) in [7, 11) is 0. The van der Waals surface area contributed by atoms with Crippen LogP contribution in [0, 0.1) is 6.92 Å². The molecule has 1 aliphatic heterocycles. The Balaban J connectivity index is 1.77. The first kappa shape index (κ1) is 20.3. The standard InChI is InChI=1S/C22H22N6O3/c1-14-12-16(22(23)31)4-9-19(14)28-18(8-11-21(29)30)7-10-20(28)15-2-5-17(6-3-15)27-13-24-25-26-27/h2-7,9-10,12-13,25-26H,8,11H2,1H3,(H2,23,31)(H,29,30)/p+1. The summed E-state index contributed by atoms with van der Waals surface area (Å²) in [5.74, 6) is -1.34. The number of aromatic nitrogens is 1. The fourth-order valence-electron chi connectivity index (χ4n) is 3.64. The van der Waals surface area contributed by atoms with E-state index < -0.39 is 11.9 Å². The number of carbonyl (C=O) groups excluding carboxylic acids is 1. The van der Waals surface area contributed by atoms with Crippen molar-refractivity contribution < 1.29 is 20.2 Å². The number of carbonyl (C=O) groups is 2. The number of nitrogens with zero attached hydrogens (tertiary/aromatic N) is 3. The van der Waals surface area contributed by atoms with Gasteiger partial charge < -0.3 is 15.4 Å². The summed E-state index contributed by atoms with van der Waals surface area (Å²) < 4.78 is 2.04. The third-order valence-electron chi connectivity index (χ3n) is 5.17. The second-order valence-corrected chi connectivity index (χ2v) is 7.24. The van der Waals surface area contributed by atoms with Gasteiger partial charge in [-0.15, -0.1) is 5.53 Å². The first-order valence-electron chi connectivity index (χ1n) is 9.78. The van der Waals surface area contributed by atoms with Crippen LogP contribution in [-0.2, 0) is 11.2 Å². The zero-order chi connectivity index (χ0) is 22.0. The van der Waals surface area contributed by atoms with Gasteiger partial charge in [-0.1, -0.05) is 17.2 Å². The molecule has 9 nitrogen and oxygen atoms in total. The Labute approximate surface area is 178 Å². The Bertz CT molecular complexity index is 1170. The predicted octanol–water partition coefficient (Wildman–Crippen LogP) is 1.32. The van der Waals surface area contributed by atoms with E-state index in [2.05, 4.69) is 10.6 Å². The van der Waals surface area contributed by atoms with Gasteiger partial charge in [0.15, 0.2) is 6.34 Å². The van der Waals surface area contributed by atoms with Crippen LogP contribution in [0.25, 0.3) is 16.9 Å². The number of hydrogen-bond donors (Lipinski definition) is 4. The van der Waals surface area contributed by atoms with Gasteiger partial charge in [-0.2, -0.15) is 0 Å². The number of rotatable bonds is 7. The third kappa shape index (κ3) is 4.18. The number of hydrazine groups is 1. The Morgan fingerprint density at radius 2 is 1.90 bits per heavy atom. The molecule has 31 heavy (non-hydrogen) atoms. The highest BCUT2D eigenvalue weighted by atomic mass is 16.4. The van der Waals surface area contributed by atoms with E-state index in [1.54, 1.807) is 29.0 Å². The van der Waals surface area contributed by atoms with Crippen molar-refractivity contribution in [2.24, 2.45) is 10.8 Å². The molecule has 0 bridgehead atoms. The monoisotopic (exact) mass is 419 g/mol. The van der Waals surface area contributed by atoms with E-state index in [9.17, 15) is 9.59 Å². The van der Waals surface area contributed by atoms with Crippen LogP contribution < -0.4 is 21.8 Å². The lowest BCUT2D eigenvalue weighted by Crippen LogP contribution is -2.87. The lowest BCUT2D eigenvalue weighted by atomic mass is 10.1. The van der Waals surface area contributed by atoms with E-state index in [-0.39, 0.29) is 6.42 Å². The summed E-state index contributed by atoms with van der Waals surface area (Å²) in [6.07, 6.45) is 2.09. The van der Waals surface area contributed by atoms with Crippen molar-refractivity contribution in [2.75, 3.05) is 5.01 Å². The molecule has 0 unspecified atom stereocenters. The SMILES string of the molecule is Cc1cc(C(N)=O)ccc1-n1c(CCC(=O)O)ccc1-c1ccc(N2C=N[NH2+]N2)cc1. The molecule has 0 saturated heterocycles. The highest BCUT2D eigenvalue weighted by Crippen LogP contribution is 2.30. The number of nitrogens with one attached hydrogen (secondary N) is 1. The molecule has 3 aromatic rings. The molecule has 2 heterocycles. The van der Waals surface area contributed by atoms with Gasteiger partial charge in [0.25, 0.3) is 0 Å². The van der Waals surface area contributed by atoms with E-state index in [1.807, 2.05) is 54.0 Å². The van der Waals surface area contributed by atoms with Crippen LogP contribution in [0.5, 0.6) is 0 Å². The quantitative estimate of drug-likeness (QED) is 0.429. The molecular weight excluding hydrogens is 396 g/mol. The number of primary amides is 1. The average Bonchev–Trinajstić information content (AvgIpc) is 3.42. The average molecular weight is 419 g/mol. The zero-order valence-corrected chi connectivity index (χ0v) is 16.9. The molecule has 1 aromatic heterocycles. The number of carboxylic acid groups (broad SMARTS) is 1. The van der Waals surface area contributed by atoms with Crippen molar-refractivity contribution in [3.05, 3.63) is 71.4 Å². The smallest absolute Gasteiger partial charge is 0.303 e. The first-order valence-corrected chi connectivity index (χ1v) is 9.78. The fourth-order valence-corrected chi connectivity index (χ4v) is 3.64. The van der Waals surface area contributed by atoms with Gasteiger partial charge in [0.05, 0.1) is 17.8 Å². The molecule has 2 aromatic carbocycles. The maximum atomic E-state index is 11.6. The predicted molar refractivity (Wildman–Crippen MR) is 116 cm³/mol. The van der Waals surface area contributed by atoms with Gasteiger partial charge in [0, 0.05) is 16.9 Å². The second kappa shape index (κ2) is 8.42. The number of nitrogens with two attached hydrogens (primary N) is 2. The van der Waals surface area contributed by atoms with E-state index in [0.29, 0.717) is 12.0 Å². The maximum absolute atomic E-state index is 11.6. The van der Waals surface area contributed by atoms with Gasteiger partial charge in [0.1, 0.15) is 0 Å². The van der Waals surface area contributed by atoms with E-state index in [1.165, 1.54) is 0 Å². The van der Waals surface area contributed by atoms with Gasteiger partial charge in [0.2, 0.25) is 5.91 Å². The number of aryl methyl sites for hydroxylation is 2. The van der Waals surface area contributed by atoms with Crippen LogP contribution in [0.3, 0.4) is 0 Å². The van der Waals surface area contributed by atoms with Crippen molar-refractivity contribution in [3.8, 4) is 16.9 Å². The van der Waals surface area contributed by atoms with Gasteiger partial charge in [-0.05, 0) is 72.5 Å². The lowest BCUT2D eigenvalue weighted by Gasteiger charge is -2.17. The number of aliphatic carboxylic acids is 1. The molecule has 158 valence electrons. The number of hydrogen-bond acceptors (Lipinski definition) is 5. The molecule has 1 amide bonds. The van der Waals surface area contributed by atoms with Crippen molar-refractivity contribution in [1.82, 2.24) is 10.1 Å². The zero-order valence-electron chi connectivity index (χ0n) is 16.9. The van der Waals surface area contributed by atoms with Crippen LogP contribution in [-0.4, -0.2) is 27.9 Å². The van der Waals surface area contributed by atoms with Crippen LogP contribution >= 0.6 is 0 Å². The van der Waals surface area contributed by atoms with Crippen molar-refractivity contribution >= 4 is 23.9 Å². The molecule has 0 saturated carbocycles. The topological polar surface area (TPSA) is 130 Å². The number of benzene rings is 2. The molecule has 0 atom stereocenters. The van der Waals surface area contributed by atoms with Crippen molar-refractivity contribution in [2.45, 2.75) is 19.8 Å². The van der Waals surface area contributed by atoms with Crippen molar-refractivity contribution in [1.29, 1.82) is 0 Å². The van der Waals surface area contributed by atoms with Crippen LogP contribution in [0.4, 0.5) is 5.69 Å². The molecule has 9 heteroatoms. The largest absolute Gasteiger partial charge is 0.481 e. The van der Waals surface area contributed by atoms with Gasteiger partial charge in [-0.3, -0.25) is 9.59 Å². The molecule has 1 aliphatic rings. The first-order chi connectivity index (χ1) is 14.9. The summed E-state index contributed by atoms with van der Waals surface area (Å²) >= 11 is 0. The normalized spacial score (nSPS) is 13.0. The van der Waals surface area contributed by atoms with Crippen LogP contribution in [0.15, 0.2) is 59.7 Å². The third-order valence-corrected chi connectivity index (χ3v) is 5.17. The van der Waals surface area contributed by atoms with Crippen LogP contribution in [0.2, 0.25) is 0 Å². The minimum Gasteiger partial charge on any atom is -0.481 e. The Morgan fingerprint density at radius 3 is 2.52 bits per heavy atom. The van der Waals surface area contributed by atoms with E-state index >= 15 is 0 Å². The molecule has 0 spiro atoms. The number of quaternary nitrogens is 1. The maximum Gasteiger partial charge on any atom is 0.303 e. The summed E-state index contributed by atoms with van der Waals surface area (Å²) in [6.45, 7) is 1.91. The van der Waals surface area contributed by atoms with Crippen LogP contribution in [0.1, 0.15) is 28.0 Å². The Kier molecular flexibility index (Phi) is 5.52. The summed E-state index contributed by atoms with van der Waals surface area (Å²) in [4.78, 5) is 22.7.